The number of aromatic nitrogens is 2. The Morgan fingerprint density at radius 3 is 2.84 bits per heavy atom. The quantitative estimate of drug-likeness (QED) is 0.781. The molecule has 4 nitrogen and oxygen atoms in total. The monoisotopic (exact) mass is 261 g/mol. The zero-order valence-corrected chi connectivity index (χ0v) is 12.0. The predicted molar refractivity (Wildman–Crippen MR) is 75.4 cm³/mol. The van der Waals surface area contributed by atoms with E-state index in [1.807, 2.05) is 22.7 Å². The summed E-state index contributed by atoms with van der Waals surface area (Å²) < 4.78 is 1.98. The highest BCUT2D eigenvalue weighted by molar-refractivity contribution is 5.79. The Balaban J connectivity index is 2.09. The highest BCUT2D eigenvalue weighted by Gasteiger charge is 2.26. The molecule has 1 heterocycles. The van der Waals surface area contributed by atoms with Crippen LogP contribution in [0.3, 0.4) is 0 Å². The number of imidazole rings is 1. The van der Waals surface area contributed by atoms with E-state index in [-0.39, 0.29) is 17.9 Å². The zero-order chi connectivity index (χ0) is 13.8. The molecule has 0 spiro atoms. The molecular formula is C15H23N3O. The van der Waals surface area contributed by atoms with E-state index in [1.165, 1.54) is 0 Å². The number of hydrogen-bond acceptors (Lipinski definition) is 2. The number of rotatable bonds is 4. The molecule has 0 saturated carbocycles. The van der Waals surface area contributed by atoms with Crippen LogP contribution >= 0.6 is 0 Å². The summed E-state index contributed by atoms with van der Waals surface area (Å²) in [6.45, 7) is 4.74. The molecule has 1 atom stereocenters. The van der Waals surface area contributed by atoms with Gasteiger partial charge in [-0.2, -0.15) is 0 Å². The van der Waals surface area contributed by atoms with Gasteiger partial charge < -0.3 is 9.47 Å². The predicted octanol–water partition coefficient (Wildman–Crippen LogP) is 2.51. The Kier molecular flexibility index (Phi) is 4.40. The first kappa shape index (κ1) is 13.8. The van der Waals surface area contributed by atoms with Gasteiger partial charge in [-0.25, -0.2) is 4.98 Å². The van der Waals surface area contributed by atoms with Gasteiger partial charge in [0.05, 0.1) is 6.54 Å². The van der Waals surface area contributed by atoms with Crippen LogP contribution in [0.1, 0.15) is 38.9 Å². The Morgan fingerprint density at radius 2 is 2.32 bits per heavy atom. The molecule has 1 amide bonds. The number of nitrogens with zero attached hydrogens (tertiary/aromatic N) is 3. The van der Waals surface area contributed by atoms with Gasteiger partial charge in [0.1, 0.15) is 5.82 Å². The van der Waals surface area contributed by atoms with Crippen LogP contribution < -0.4 is 0 Å². The van der Waals surface area contributed by atoms with Gasteiger partial charge in [-0.1, -0.05) is 12.2 Å². The summed E-state index contributed by atoms with van der Waals surface area (Å²) >= 11 is 0. The van der Waals surface area contributed by atoms with Crippen LogP contribution in [-0.4, -0.2) is 26.4 Å². The minimum absolute atomic E-state index is 0.146. The van der Waals surface area contributed by atoms with Crippen molar-refractivity contribution < 1.29 is 4.79 Å². The van der Waals surface area contributed by atoms with Crippen molar-refractivity contribution in [1.29, 1.82) is 0 Å². The van der Waals surface area contributed by atoms with Crippen LogP contribution in [0.2, 0.25) is 0 Å². The maximum absolute atomic E-state index is 12.6. The fraction of sp³-hybridized carbons (Fsp3) is 0.600. The van der Waals surface area contributed by atoms with Crippen LogP contribution in [0.15, 0.2) is 24.5 Å². The lowest BCUT2D eigenvalue weighted by molar-refractivity contribution is -0.138. The van der Waals surface area contributed by atoms with Crippen molar-refractivity contribution >= 4 is 5.91 Å². The molecule has 1 aromatic rings. The lowest BCUT2D eigenvalue weighted by atomic mass is 9.92. The Hall–Kier alpha value is -1.58. The van der Waals surface area contributed by atoms with Gasteiger partial charge in [-0.05, 0) is 33.1 Å². The standard InChI is InChI=1S/C15H23N3O/c1-12(2)18(11-14-16-9-10-17(14)3)15(19)13-7-5-4-6-8-13/h4-5,9-10,12-13H,6-8,11H2,1-3H3/t13-/m0/s1. The van der Waals surface area contributed by atoms with Gasteiger partial charge >= 0.3 is 0 Å². The van der Waals surface area contributed by atoms with E-state index in [1.54, 1.807) is 6.20 Å². The van der Waals surface area contributed by atoms with Gasteiger partial charge in [0.25, 0.3) is 0 Å². The van der Waals surface area contributed by atoms with Gasteiger partial charge in [-0.3, -0.25) is 4.79 Å². The number of carbonyl (C=O) groups is 1. The van der Waals surface area contributed by atoms with Gasteiger partial charge in [0.15, 0.2) is 0 Å². The van der Waals surface area contributed by atoms with Gasteiger partial charge in [-0.15, -0.1) is 0 Å². The Bertz CT molecular complexity index is 462. The van der Waals surface area contributed by atoms with Crippen molar-refractivity contribution in [2.45, 2.75) is 45.7 Å². The van der Waals surface area contributed by atoms with Crippen molar-refractivity contribution in [2.75, 3.05) is 0 Å². The highest BCUT2D eigenvalue weighted by Crippen LogP contribution is 2.22. The van der Waals surface area contributed by atoms with E-state index in [4.69, 9.17) is 0 Å². The molecule has 0 unspecified atom stereocenters. The molecule has 104 valence electrons. The molecule has 0 fully saturated rings. The zero-order valence-electron chi connectivity index (χ0n) is 12.0. The second-order valence-electron chi connectivity index (χ2n) is 5.50. The number of allylic oxidation sites excluding steroid dienone is 2. The maximum Gasteiger partial charge on any atom is 0.226 e. The smallest absolute Gasteiger partial charge is 0.226 e. The second kappa shape index (κ2) is 6.04. The lowest BCUT2D eigenvalue weighted by Gasteiger charge is -2.31. The van der Waals surface area contributed by atoms with Gasteiger partial charge in [0.2, 0.25) is 5.91 Å². The molecule has 4 heteroatoms. The number of hydrogen-bond donors (Lipinski definition) is 0. The van der Waals surface area contributed by atoms with Crippen LogP contribution in [0.4, 0.5) is 0 Å². The van der Waals surface area contributed by atoms with Gasteiger partial charge in [0, 0.05) is 31.4 Å². The molecule has 0 aliphatic heterocycles. The summed E-state index contributed by atoms with van der Waals surface area (Å²) in [7, 11) is 1.97. The largest absolute Gasteiger partial charge is 0.337 e. The SMILES string of the molecule is CC(C)N(Cc1nccn1C)C(=O)[C@H]1CC=CCC1. The summed E-state index contributed by atoms with van der Waals surface area (Å²) in [6.07, 6.45) is 10.9. The normalized spacial score (nSPS) is 18.8. The fourth-order valence-corrected chi connectivity index (χ4v) is 2.47. The molecule has 1 aromatic heterocycles. The lowest BCUT2D eigenvalue weighted by Crippen LogP contribution is -2.41. The number of carbonyl (C=O) groups excluding carboxylic acids is 1. The van der Waals surface area contributed by atoms with E-state index in [9.17, 15) is 4.79 Å². The molecule has 1 aliphatic rings. The average Bonchev–Trinajstić information content (AvgIpc) is 2.81. The first-order chi connectivity index (χ1) is 9.09. The highest BCUT2D eigenvalue weighted by atomic mass is 16.2. The minimum Gasteiger partial charge on any atom is -0.337 e. The first-order valence-corrected chi connectivity index (χ1v) is 7.01. The molecule has 19 heavy (non-hydrogen) atoms. The summed E-state index contributed by atoms with van der Waals surface area (Å²) in [5, 5.41) is 0. The topological polar surface area (TPSA) is 38.1 Å². The van der Waals surface area contributed by atoms with E-state index >= 15 is 0 Å². The van der Waals surface area contributed by atoms with E-state index < -0.39 is 0 Å². The molecule has 0 saturated heterocycles. The van der Waals surface area contributed by atoms with Crippen molar-refractivity contribution in [1.82, 2.24) is 14.5 Å². The Morgan fingerprint density at radius 1 is 1.53 bits per heavy atom. The van der Waals surface area contributed by atoms with E-state index in [0.29, 0.717) is 6.54 Å². The molecule has 0 bridgehead atoms. The third-order valence-electron chi connectivity index (χ3n) is 3.76. The van der Waals surface area contributed by atoms with Crippen LogP contribution in [0, 0.1) is 5.92 Å². The van der Waals surface area contributed by atoms with Crippen LogP contribution in [0.25, 0.3) is 0 Å². The average molecular weight is 261 g/mol. The Labute approximate surface area is 115 Å². The maximum atomic E-state index is 12.6. The van der Waals surface area contributed by atoms with Crippen LogP contribution in [0.5, 0.6) is 0 Å². The number of amides is 1. The third kappa shape index (κ3) is 3.25. The molecule has 0 N–H and O–H groups in total. The van der Waals surface area contributed by atoms with E-state index in [0.717, 1.165) is 25.1 Å². The van der Waals surface area contributed by atoms with E-state index in [2.05, 4.69) is 31.0 Å². The molecule has 0 radical (unpaired) electrons. The fourth-order valence-electron chi connectivity index (χ4n) is 2.47. The van der Waals surface area contributed by atoms with Crippen molar-refractivity contribution in [3.8, 4) is 0 Å². The van der Waals surface area contributed by atoms with Crippen molar-refractivity contribution in [3.05, 3.63) is 30.4 Å². The number of aryl methyl sites for hydroxylation is 1. The molecule has 0 aromatic carbocycles. The molecule has 2 rings (SSSR count). The summed E-state index contributed by atoms with van der Waals surface area (Å²) in [6, 6.07) is 0.204. The minimum atomic E-state index is 0.146. The first-order valence-electron chi connectivity index (χ1n) is 7.01. The van der Waals surface area contributed by atoms with Crippen LogP contribution in [-0.2, 0) is 18.4 Å². The molecular weight excluding hydrogens is 238 g/mol. The summed E-state index contributed by atoms with van der Waals surface area (Å²) in [5.74, 6) is 1.35. The summed E-state index contributed by atoms with van der Waals surface area (Å²) in [5.41, 5.74) is 0. The van der Waals surface area contributed by atoms with Crippen molar-refractivity contribution in [2.24, 2.45) is 13.0 Å². The second-order valence-corrected chi connectivity index (χ2v) is 5.50. The molecule has 1 aliphatic carbocycles. The summed E-state index contributed by atoms with van der Waals surface area (Å²) in [4.78, 5) is 18.9. The third-order valence-corrected chi connectivity index (χ3v) is 3.76. The van der Waals surface area contributed by atoms with Crippen molar-refractivity contribution in [3.63, 3.8) is 0 Å².